The second-order valence-corrected chi connectivity index (χ2v) is 30.7. The van der Waals surface area contributed by atoms with Crippen LogP contribution in [0.2, 0.25) is 0 Å². The molecule has 0 aromatic rings. The zero-order valence-electron chi connectivity index (χ0n) is 60.0. The first-order valence-electron chi connectivity index (χ1n) is 37.8. The molecule has 0 aromatic carbocycles. The molecule has 0 heterocycles. The minimum absolute atomic E-state index is 0.105. The summed E-state index contributed by atoms with van der Waals surface area (Å²) >= 11 is 0. The highest BCUT2D eigenvalue weighted by Crippen LogP contribution is 2.45. The Bertz CT molecular complexity index is 1800. The van der Waals surface area contributed by atoms with E-state index in [2.05, 4.69) is 48.5 Å². The number of carbonyl (C=O) groups is 4. The zero-order valence-corrected chi connectivity index (χ0v) is 61.8. The number of carbonyl (C=O) groups excluding carboxylic acids is 4. The van der Waals surface area contributed by atoms with Gasteiger partial charge in [-0.3, -0.25) is 37.3 Å². The first-order valence-corrected chi connectivity index (χ1v) is 40.8. The molecule has 2 unspecified atom stereocenters. The third kappa shape index (κ3) is 66.7. The van der Waals surface area contributed by atoms with Gasteiger partial charge in [-0.1, -0.05) is 318 Å². The van der Waals surface area contributed by atoms with Crippen molar-refractivity contribution in [3.63, 3.8) is 0 Å². The van der Waals surface area contributed by atoms with Crippen LogP contribution in [-0.4, -0.2) is 96.7 Å². The van der Waals surface area contributed by atoms with Crippen LogP contribution in [0.1, 0.15) is 370 Å². The molecule has 5 atom stereocenters. The van der Waals surface area contributed by atoms with Gasteiger partial charge in [0.15, 0.2) is 12.2 Å². The van der Waals surface area contributed by atoms with E-state index in [-0.39, 0.29) is 25.7 Å². The SMILES string of the molecule is CCCCCCCCCCCCC(=O)OC[C@H](COP(=O)(O)OC[C@H](O)COP(=O)(O)OC[C@@H](COC(=O)CCCCCCCCCCCCCCC(C)C)OC(=O)CCCCCCCCCCCCCCC(C)C)OC(=O)CCCCCCCCCCCC(C)C. The maximum Gasteiger partial charge on any atom is 0.472 e. The zero-order chi connectivity index (χ0) is 68.0. The molecule has 0 aliphatic rings. The highest BCUT2D eigenvalue weighted by atomic mass is 31.2. The summed E-state index contributed by atoms with van der Waals surface area (Å²) < 4.78 is 68.4. The Labute approximate surface area is 562 Å². The summed E-state index contributed by atoms with van der Waals surface area (Å²) in [4.78, 5) is 72.7. The van der Waals surface area contributed by atoms with E-state index in [1.807, 2.05) is 0 Å². The predicted molar refractivity (Wildman–Crippen MR) is 372 cm³/mol. The maximum absolute atomic E-state index is 13.1. The topological polar surface area (TPSA) is 237 Å². The predicted octanol–water partition coefficient (Wildman–Crippen LogP) is 21.0. The average Bonchev–Trinajstić information content (AvgIpc) is 1.48. The lowest BCUT2D eigenvalue weighted by Crippen LogP contribution is -2.30. The lowest BCUT2D eigenvalue weighted by Gasteiger charge is -2.21. The Morgan fingerprint density at radius 1 is 0.293 bits per heavy atom. The van der Waals surface area contributed by atoms with Gasteiger partial charge in [0.05, 0.1) is 26.4 Å². The van der Waals surface area contributed by atoms with E-state index < -0.39 is 97.5 Å². The number of phosphoric acid groups is 2. The Kier molecular flexibility index (Phi) is 62.4. The second kappa shape index (κ2) is 63.8. The minimum atomic E-state index is -4.96. The number of hydrogen-bond donors (Lipinski definition) is 3. The normalized spacial score (nSPS) is 14.1. The van der Waals surface area contributed by atoms with Crippen LogP contribution in [0, 0.1) is 17.8 Å². The van der Waals surface area contributed by atoms with Crippen LogP contribution in [0.25, 0.3) is 0 Å². The lowest BCUT2D eigenvalue weighted by molar-refractivity contribution is -0.161. The molecule has 546 valence electrons. The van der Waals surface area contributed by atoms with Crippen molar-refractivity contribution in [3.8, 4) is 0 Å². The Morgan fingerprint density at radius 2 is 0.500 bits per heavy atom. The summed E-state index contributed by atoms with van der Waals surface area (Å²) in [5, 5.41) is 10.6. The summed E-state index contributed by atoms with van der Waals surface area (Å²) in [6, 6.07) is 0. The largest absolute Gasteiger partial charge is 0.472 e. The number of hydrogen-bond acceptors (Lipinski definition) is 15. The van der Waals surface area contributed by atoms with Crippen molar-refractivity contribution >= 4 is 39.5 Å². The monoisotopic (exact) mass is 1350 g/mol. The van der Waals surface area contributed by atoms with E-state index in [1.54, 1.807) is 0 Å². The van der Waals surface area contributed by atoms with Crippen molar-refractivity contribution in [2.75, 3.05) is 39.6 Å². The molecule has 0 radical (unpaired) electrons. The van der Waals surface area contributed by atoms with Gasteiger partial charge in [0.2, 0.25) is 0 Å². The van der Waals surface area contributed by atoms with Crippen molar-refractivity contribution in [3.05, 3.63) is 0 Å². The van der Waals surface area contributed by atoms with Gasteiger partial charge >= 0.3 is 39.5 Å². The van der Waals surface area contributed by atoms with Crippen molar-refractivity contribution < 1.29 is 80.2 Å². The molecule has 0 aromatic heterocycles. The van der Waals surface area contributed by atoms with E-state index in [9.17, 15) is 43.2 Å². The smallest absolute Gasteiger partial charge is 0.462 e. The summed E-state index contributed by atoms with van der Waals surface area (Å²) in [6.45, 7) is 11.9. The molecule has 0 saturated heterocycles. The highest BCUT2D eigenvalue weighted by Gasteiger charge is 2.30. The third-order valence-corrected chi connectivity index (χ3v) is 18.8. The fourth-order valence-corrected chi connectivity index (χ4v) is 12.7. The van der Waals surface area contributed by atoms with E-state index in [4.69, 9.17) is 37.0 Å². The molecule has 3 N–H and O–H groups in total. The van der Waals surface area contributed by atoms with Gasteiger partial charge in [-0.05, 0) is 43.4 Å². The van der Waals surface area contributed by atoms with E-state index in [0.717, 1.165) is 108 Å². The molecule has 0 rings (SSSR count). The van der Waals surface area contributed by atoms with Crippen LogP contribution in [0.4, 0.5) is 0 Å². The molecule has 0 aliphatic heterocycles. The van der Waals surface area contributed by atoms with Crippen LogP contribution in [0.3, 0.4) is 0 Å². The molecule has 0 aliphatic carbocycles. The van der Waals surface area contributed by atoms with Gasteiger partial charge in [-0.25, -0.2) is 9.13 Å². The van der Waals surface area contributed by atoms with Crippen molar-refractivity contribution in [1.82, 2.24) is 0 Å². The number of rotatable bonds is 71. The maximum atomic E-state index is 13.1. The summed E-state index contributed by atoms with van der Waals surface area (Å²) in [7, 11) is -9.91. The van der Waals surface area contributed by atoms with Crippen molar-refractivity contribution in [2.45, 2.75) is 388 Å². The van der Waals surface area contributed by atoms with Crippen LogP contribution in [-0.2, 0) is 65.4 Å². The molecular formula is C73H142O17P2. The summed E-state index contributed by atoms with van der Waals surface area (Å²) in [5.41, 5.74) is 0. The van der Waals surface area contributed by atoms with Gasteiger partial charge in [0, 0.05) is 25.7 Å². The third-order valence-electron chi connectivity index (χ3n) is 16.9. The number of phosphoric ester groups is 2. The lowest BCUT2D eigenvalue weighted by atomic mass is 10.0. The van der Waals surface area contributed by atoms with Crippen molar-refractivity contribution in [2.24, 2.45) is 17.8 Å². The number of esters is 4. The van der Waals surface area contributed by atoms with Crippen LogP contribution in [0.15, 0.2) is 0 Å². The number of aliphatic hydroxyl groups excluding tert-OH is 1. The first-order chi connectivity index (χ1) is 44.2. The minimum Gasteiger partial charge on any atom is -0.462 e. The molecule has 19 heteroatoms. The highest BCUT2D eigenvalue weighted by molar-refractivity contribution is 7.47. The quantitative estimate of drug-likeness (QED) is 0.0222. The van der Waals surface area contributed by atoms with E-state index >= 15 is 0 Å². The fraction of sp³-hybridized carbons (Fsp3) is 0.945. The van der Waals surface area contributed by atoms with Crippen LogP contribution < -0.4 is 0 Å². The van der Waals surface area contributed by atoms with Gasteiger partial charge in [0.1, 0.15) is 19.3 Å². The van der Waals surface area contributed by atoms with E-state index in [0.29, 0.717) is 25.7 Å². The molecule has 0 amide bonds. The molecule has 17 nitrogen and oxygen atoms in total. The molecule has 0 saturated carbocycles. The van der Waals surface area contributed by atoms with Crippen LogP contribution in [0.5, 0.6) is 0 Å². The first kappa shape index (κ1) is 90.1. The van der Waals surface area contributed by atoms with Crippen molar-refractivity contribution in [1.29, 1.82) is 0 Å². The van der Waals surface area contributed by atoms with Gasteiger partial charge in [-0.2, -0.15) is 0 Å². The number of aliphatic hydroxyl groups is 1. The summed E-state index contributed by atoms with van der Waals surface area (Å²) in [5.74, 6) is 0.173. The average molecular weight is 1350 g/mol. The number of unbranched alkanes of at least 4 members (excludes halogenated alkanes) is 39. The van der Waals surface area contributed by atoms with E-state index in [1.165, 1.54) is 180 Å². The second-order valence-electron chi connectivity index (χ2n) is 27.8. The fourth-order valence-electron chi connectivity index (χ4n) is 11.1. The van der Waals surface area contributed by atoms with Gasteiger partial charge < -0.3 is 33.8 Å². The number of ether oxygens (including phenoxy) is 4. The Balaban J connectivity index is 5.25. The molecule has 0 fully saturated rings. The van der Waals surface area contributed by atoms with Gasteiger partial charge in [0.25, 0.3) is 0 Å². The molecular weight excluding hydrogens is 1210 g/mol. The van der Waals surface area contributed by atoms with Crippen LogP contribution >= 0.6 is 15.6 Å². The Hall–Kier alpha value is -1.94. The summed E-state index contributed by atoms with van der Waals surface area (Å²) in [6.07, 6.45) is 48.5. The molecule has 0 spiro atoms. The van der Waals surface area contributed by atoms with Gasteiger partial charge in [-0.15, -0.1) is 0 Å². The standard InChI is InChI=1S/C73H142O17P2/c1-8-9-10-11-12-13-26-33-40-47-54-70(75)83-60-69(90-73(78)57-50-43-36-29-22-25-32-39-46-53-66(6)7)63-88-92(81,82)86-59-67(74)58-85-91(79,80)87-62-68(89-72(77)56-49-42-35-28-21-17-15-19-24-31-38-45-52-65(4)5)61-84-71(76)55-48-41-34-27-20-16-14-18-23-30-37-44-51-64(2)3/h64-69,74H,8-63H2,1-7H3,(H,79,80)(H,81,82)/t67-,68-,69-/m1/s1. The molecule has 92 heavy (non-hydrogen) atoms. The molecule has 0 bridgehead atoms. The Morgan fingerprint density at radius 3 is 0.739 bits per heavy atom.